The minimum Gasteiger partial charge on any atom is -0.462 e. The summed E-state index contributed by atoms with van der Waals surface area (Å²) >= 11 is 1.22. The van der Waals surface area contributed by atoms with Crippen molar-refractivity contribution in [2.24, 2.45) is 0 Å². The van der Waals surface area contributed by atoms with Crippen molar-refractivity contribution in [3.8, 4) is 11.8 Å². The van der Waals surface area contributed by atoms with Gasteiger partial charge in [-0.05, 0) is 32.9 Å². The van der Waals surface area contributed by atoms with Crippen molar-refractivity contribution in [1.29, 1.82) is 0 Å². The number of carbonyl (C=O) groups is 2. The summed E-state index contributed by atoms with van der Waals surface area (Å²) in [7, 11) is 0. The molecule has 0 saturated carbocycles. The zero-order chi connectivity index (χ0) is 17.5. The van der Waals surface area contributed by atoms with E-state index in [1.807, 2.05) is 30.3 Å². The highest BCUT2D eigenvalue weighted by atomic mass is 32.1. The molecule has 6 heteroatoms. The summed E-state index contributed by atoms with van der Waals surface area (Å²) in [4.78, 5) is 28.6. The lowest BCUT2D eigenvalue weighted by molar-refractivity contribution is -0.116. The third-order valence-corrected chi connectivity index (χ3v) is 4.41. The lowest BCUT2D eigenvalue weighted by Gasteiger charge is -2.07. The minimum atomic E-state index is -0.392. The van der Waals surface area contributed by atoms with Gasteiger partial charge < -0.3 is 10.1 Å². The number of amides is 1. The maximum absolute atomic E-state index is 11.9. The molecule has 1 N–H and O–H groups in total. The number of carbonyl (C=O) groups excluding carboxylic acids is 2. The first kappa shape index (κ1) is 17.7. The van der Waals surface area contributed by atoms with Gasteiger partial charge in [-0.3, -0.25) is 4.79 Å². The predicted octanol–water partition coefficient (Wildman–Crippen LogP) is 2.86. The van der Waals surface area contributed by atoms with Crippen LogP contribution in [0.5, 0.6) is 0 Å². The quantitative estimate of drug-likeness (QED) is 0.685. The zero-order valence-corrected chi connectivity index (χ0v) is 14.6. The molecule has 0 saturated heterocycles. The van der Waals surface area contributed by atoms with Crippen molar-refractivity contribution >= 4 is 23.2 Å². The number of hydrogen-bond acceptors (Lipinski definition) is 5. The monoisotopic (exact) mass is 342 g/mol. The Labute approximate surface area is 145 Å². The number of nitrogens with one attached hydrogen (secondary N) is 1. The van der Waals surface area contributed by atoms with Crippen LogP contribution in [0.3, 0.4) is 0 Å². The summed E-state index contributed by atoms with van der Waals surface area (Å²) in [6.45, 7) is 5.61. The minimum absolute atomic E-state index is 0.312. The second-order valence-corrected chi connectivity index (χ2v) is 6.03. The Balaban J connectivity index is 2.03. The van der Waals surface area contributed by atoms with Crippen LogP contribution < -0.4 is 5.32 Å². The Kier molecular flexibility index (Phi) is 6.10. The van der Waals surface area contributed by atoms with Crippen molar-refractivity contribution in [3.63, 3.8) is 0 Å². The third-order valence-electron chi connectivity index (χ3n) is 3.09. The molecule has 1 atom stereocenters. The Hall–Kier alpha value is -2.65. The Morgan fingerprint density at radius 2 is 2.04 bits per heavy atom. The summed E-state index contributed by atoms with van der Waals surface area (Å²) in [5, 5.41) is 3.41. The van der Waals surface area contributed by atoms with Crippen LogP contribution in [-0.2, 0) is 9.53 Å². The van der Waals surface area contributed by atoms with E-state index in [2.05, 4.69) is 22.1 Å². The highest BCUT2D eigenvalue weighted by molar-refractivity contribution is 7.13. The summed E-state index contributed by atoms with van der Waals surface area (Å²) < 4.78 is 4.99. The van der Waals surface area contributed by atoms with Gasteiger partial charge in [0.05, 0.1) is 18.3 Å². The zero-order valence-electron chi connectivity index (χ0n) is 13.8. The summed E-state index contributed by atoms with van der Waals surface area (Å²) in [5.74, 6) is 4.57. The van der Waals surface area contributed by atoms with E-state index in [1.54, 1.807) is 20.8 Å². The van der Waals surface area contributed by atoms with Gasteiger partial charge >= 0.3 is 5.97 Å². The van der Waals surface area contributed by atoms with E-state index < -0.39 is 5.91 Å². The van der Waals surface area contributed by atoms with Crippen molar-refractivity contribution in [2.45, 2.75) is 26.8 Å². The fraction of sp³-hybridized carbons (Fsp3) is 0.278. The Morgan fingerprint density at radius 1 is 1.33 bits per heavy atom. The van der Waals surface area contributed by atoms with E-state index in [0.717, 1.165) is 5.56 Å². The maximum Gasteiger partial charge on any atom is 0.350 e. The second kappa shape index (κ2) is 8.27. The summed E-state index contributed by atoms with van der Waals surface area (Å²) in [6, 6.07) is 8.94. The first-order valence-electron chi connectivity index (χ1n) is 7.53. The van der Waals surface area contributed by atoms with Crippen LogP contribution in [0.1, 0.15) is 45.8 Å². The van der Waals surface area contributed by atoms with Crippen LogP contribution in [0.2, 0.25) is 0 Å². The van der Waals surface area contributed by atoms with Crippen LogP contribution in [0.25, 0.3) is 0 Å². The molecule has 0 aliphatic carbocycles. The van der Waals surface area contributed by atoms with E-state index in [-0.39, 0.29) is 12.0 Å². The van der Waals surface area contributed by atoms with Gasteiger partial charge in [0.25, 0.3) is 5.91 Å². The van der Waals surface area contributed by atoms with E-state index in [1.165, 1.54) is 11.3 Å². The molecule has 5 nitrogen and oxygen atoms in total. The lowest BCUT2D eigenvalue weighted by Crippen LogP contribution is -2.25. The number of ether oxygens (including phenoxy) is 1. The molecule has 0 fully saturated rings. The molecular formula is C18H18N2O3S. The molecule has 124 valence electrons. The third kappa shape index (κ3) is 4.67. The van der Waals surface area contributed by atoms with Crippen molar-refractivity contribution in [3.05, 3.63) is 51.5 Å². The largest absolute Gasteiger partial charge is 0.462 e. The SMILES string of the molecule is CCOC(=O)c1sc([C@H](C)NC(=O)C#Cc2ccccc2)nc1C. The standard InChI is InChI=1S/C18H18N2O3S/c1-4-23-18(22)16-12(2)20-17(24-16)13(3)19-15(21)11-10-14-8-6-5-7-9-14/h5-9,13H,4H2,1-3H3,(H,19,21)/t13-/m0/s1. The number of benzene rings is 1. The van der Waals surface area contributed by atoms with Crippen molar-refractivity contribution in [1.82, 2.24) is 10.3 Å². The van der Waals surface area contributed by atoms with Crippen molar-refractivity contribution < 1.29 is 14.3 Å². The van der Waals surface area contributed by atoms with Gasteiger partial charge in [0.2, 0.25) is 0 Å². The Morgan fingerprint density at radius 3 is 2.71 bits per heavy atom. The molecule has 0 unspecified atom stereocenters. The van der Waals surface area contributed by atoms with Crippen LogP contribution in [0.4, 0.5) is 0 Å². The van der Waals surface area contributed by atoms with E-state index in [4.69, 9.17) is 4.74 Å². The molecule has 2 aromatic rings. The molecule has 24 heavy (non-hydrogen) atoms. The predicted molar refractivity (Wildman–Crippen MR) is 92.7 cm³/mol. The van der Waals surface area contributed by atoms with Crippen LogP contribution in [-0.4, -0.2) is 23.5 Å². The first-order chi connectivity index (χ1) is 11.5. The number of hydrogen-bond donors (Lipinski definition) is 1. The van der Waals surface area contributed by atoms with Gasteiger partial charge in [0.15, 0.2) is 0 Å². The van der Waals surface area contributed by atoms with Gasteiger partial charge in [-0.15, -0.1) is 11.3 Å². The highest BCUT2D eigenvalue weighted by Gasteiger charge is 2.20. The highest BCUT2D eigenvalue weighted by Crippen LogP contribution is 2.24. The number of rotatable bonds is 4. The topological polar surface area (TPSA) is 68.3 Å². The molecule has 2 rings (SSSR count). The molecule has 1 aromatic heterocycles. The average molecular weight is 342 g/mol. The molecule has 0 aliphatic heterocycles. The van der Waals surface area contributed by atoms with Gasteiger partial charge in [-0.25, -0.2) is 9.78 Å². The van der Waals surface area contributed by atoms with E-state index in [0.29, 0.717) is 22.2 Å². The molecule has 0 radical (unpaired) electrons. The molecule has 0 spiro atoms. The summed E-state index contributed by atoms with van der Waals surface area (Å²) in [5.41, 5.74) is 1.37. The van der Waals surface area contributed by atoms with Crippen LogP contribution >= 0.6 is 11.3 Å². The molecule has 0 bridgehead atoms. The first-order valence-corrected chi connectivity index (χ1v) is 8.35. The van der Waals surface area contributed by atoms with Gasteiger partial charge in [0.1, 0.15) is 9.88 Å². The average Bonchev–Trinajstić information content (AvgIpc) is 2.96. The Bertz CT molecular complexity index is 788. The van der Waals surface area contributed by atoms with Gasteiger partial charge in [-0.1, -0.05) is 24.1 Å². The maximum atomic E-state index is 11.9. The molecule has 0 aliphatic rings. The number of thiazole rings is 1. The number of aryl methyl sites for hydroxylation is 1. The van der Waals surface area contributed by atoms with E-state index >= 15 is 0 Å². The fourth-order valence-corrected chi connectivity index (χ4v) is 2.90. The van der Waals surface area contributed by atoms with E-state index in [9.17, 15) is 9.59 Å². The molecule has 1 aromatic carbocycles. The van der Waals surface area contributed by atoms with Crippen LogP contribution in [0, 0.1) is 18.8 Å². The van der Waals surface area contributed by atoms with Crippen molar-refractivity contribution in [2.75, 3.05) is 6.61 Å². The second-order valence-electron chi connectivity index (χ2n) is 5.00. The van der Waals surface area contributed by atoms with Gasteiger partial charge in [-0.2, -0.15) is 0 Å². The number of esters is 1. The number of aromatic nitrogens is 1. The smallest absolute Gasteiger partial charge is 0.350 e. The lowest BCUT2D eigenvalue weighted by atomic mass is 10.2. The fourth-order valence-electron chi connectivity index (χ4n) is 1.93. The molecule has 1 amide bonds. The molecule has 1 heterocycles. The summed E-state index contributed by atoms with van der Waals surface area (Å²) in [6.07, 6.45) is 0. The molecular weight excluding hydrogens is 324 g/mol. The van der Waals surface area contributed by atoms with Gasteiger partial charge in [0, 0.05) is 11.5 Å². The normalized spacial score (nSPS) is 11.1. The van der Waals surface area contributed by atoms with Crippen LogP contribution in [0.15, 0.2) is 30.3 Å². The number of nitrogens with zero attached hydrogens (tertiary/aromatic N) is 1.